The van der Waals surface area contributed by atoms with E-state index in [2.05, 4.69) is 43.3 Å². The molecule has 4 rings (SSSR count). The van der Waals surface area contributed by atoms with E-state index in [9.17, 15) is 4.79 Å². The molecule has 0 radical (unpaired) electrons. The zero-order valence-electron chi connectivity index (χ0n) is 18.3. The summed E-state index contributed by atoms with van der Waals surface area (Å²) in [6, 6.07) is 13.8. The van der Waals surface area contributed by atoms with Crippen molar-refractivity contribution in [3.63, 3.8) is 0 Å². The van der Waals surface area contributed by atoms with Crippen molar-refractivity contribution in [1.82, 2.24) is 25.1 Å². The molecule has 32 heavy (non-hydrogen) atoms. The number of nitrogens with zero attached hydrogens (tertiary/aromatic N) is 3. The Hall–Kier alpha value is -3.33. The molecule has 166 valence electrons. The molecule has 8 heteroatoms. The number of ether oxygens (including phenoxy) is 2. The fourth-order valence-electron chi connectivity index (χ4n) is 3.66. The highest BCUT2D eigenvalue weighted by atomic mass is 16.5. The average Bonchev–Trinajstić information content (AvgIpc) is 3.25. The molecule has 0 amide bonds. The van der Waals surface area contributed by atoms with E-state index in [4.69, 9.17) is 9.47 Å². The number of aromatic nitrogens is 4. The van der Waals surface area contributed by atoms with Crippen LogP contribution in [0.2, 0.25) is 0 Å². The molecule has 3 aromatic heterocycles. The third-order valence-corrected chi connectivity index (χ3v) is 5.39. The largest absolute Gasteiger partial charge is 0.383 e. The highest BCUT2D eigenvalue weighted by molar-refractivity contribution is 5.86. The van der Waals surface area contributed by atoms with E-state index in [0.717, 1.165) is 41.8 Å². The normalized spacial score (nSPS) is 11.5. The molecule has 8 nitrogen and oxygen atoms in total. The lowest BCUT2D eigenvalue weighted by atomic mass is 10.1. The smallest absolute Gasteiger partial charge is 0.273 e. The van der Waals surface area contributed by atoms with E-state index in [1.807, 2.05) is 18.2 Å². The summed E-state index contributed by atoms with van der Waals surface area (Å²) in [6.45, 7) is 3.79. The molecule has 2 N–H and O–H groups in total. The van der Waals surface area contributed by atoms with E-state index in [1.54, 1.807) is 32.7 Å². The molecule has 0 bridgehead atoms. The van der Waals surface area contributed by atoms with E-state index in [0.29, 0.717) is 24.5 Å². The highest BCUT2D eigenvalue weighted by Gasteiger charge is 2.12. The van der Waals surface area contributed by atoms with E-state index < -0.39 is 0 Å². The molecule has 0 aliphatic rings. The molecule has 0 unspecified atom stereocenters. The first kappa shape index (κ1) is 21.9. The van der Waals surface area contributed by atoms with Crippen LogP contribution in [0, 0.1) is 0 Å². The minimum atomic E-state index is -0.236. The monoisotopic (exact) mass is 433 g/mol. The van der Waals surface area contributed by atoms with Crippen LogP contribution in [0.3, 0.4) is 0 Å². The summed E-state index contributed by atoms with van der Waals surface area (Å²) in [4.78, 5) is 22.3. The second-order valence-electron chi connectivity index (χ2n) is 7.60. The van der Waals surface area contributed by atoms with Crippen LogP contribution in [0.4, 0.5) is 0 Å². The lowest BCUT2D eigenvalue weighted by molar-refractivity contribution is 0.110. The van der Waals surface area contributed by atoms with Crippen molar-refractivity contribution in [3.05, 3.63) is 70.8 Å². The van der Waals surface area contributed by atoms with Crippen molar-refractivity contribution in [1.29, 1.82) is 0 Å². The van der Waals surface area contributed by atoms with Crippen molar-refractivity contribution < 1.29 is 9.47 Å². The predicted octanol–water partition coefficient (Wildman–Crippen LogP) is 3.08. The number of aromatic amines is 2. The van der Waals surface area contributed by atoms with Gasteiger partial charge in [-0.05, 0) is 35.9 Å². The van der Waals surface area contributed by atoms with Gasteiger partial charge in [0.1, 0.15) is 0 Å². The summed E-state index contributed by atoms with van der Waals surface area (Å²) >= 11 is 0. The van der Waals surface area contributed by atoms with Gasteiger partial charge in [0, 0.05) is 62.7 Å². The SMILES string of the molecule is COCCN(CCOC)Cc1ccc2cc(-c3cc(-c4ccncc4)n[nH]c3=O)[nH]c2c1. The zero-order chi connectivity index (χ0) is 22.3. The van der Waals surface area contributed by atoms with Crippen LogP contribution < -0.4 is 5.56 Å². The quantitative estimate of drug-likeness (QED) is 0.399. The minimum Gasteiger partial charge on any atom is -0.383 e. The molecule has 0 spiro atoms. The van der Waals surface area contributed by atoms with Gasteiger partial charge >= 0.3 is 0 Å². The molecule has 0 saturated carbocycles. The Morgan fingerprint density at radius 1 is 0.969 bits per heavy atom. The number of pyridine rings is 1. The van der Waals surface area contributed by atoms with Crippen molar-refractivity contribution >= 4 is 10.9 Å². The number of rotatable bonds is 10. The fourth-order valence-corrected chi connectivity index (χ4v) is 3.66. The summed E-state index contributed by atoms with van der Waals surface area (Å²) in [5.41, 5.74) is 4.81. The number of nitrogens with one attached hydrogen (secondary N) is 2. The molecule has 3 heterocycles. The van der Waals surface area contributed by atoms with E-state index in [-0.39, 0.29) is 5.56 Å². The van der Waals surface area contributed by atoms with Crippen molar-refractivity contribution in [2.75, 3.05) is 40.5 Å². The number of fused-ring (bicyclic) bond motifs is 1. The van der Waals surface area contributed by atoms with Gasteiger partial charge in [-0.2, -0.15) is 5.10 Å². The van der Waals surface area contributed by atoms with Gasteiger partial charge < -0.3 is 14.5 Å². The Morgan fingerprint density at radius 3 is 2.44 bits per heavy atom. The third kappa shape index (κ3) is 5.11. The van der Waals surface area contributed by atoms with Gasteiger partial charge in [-0.1, -0.05) is 12.1 Å². The number of hydrogen-bond acceptors (Lipinski definition) is 6. The third-order valence-electron chi connectivity index (χ3n) is 5.39. The number of H-pyrrole nitrogens is 2. The number of hydrogen-bond donors (Lipinski definition) is 2. The van der Waals surface area contributed by atoms with Crippen LogP contribution in [0.5, 0.6) is 0 Å². The lowest BCUT2D eigenvalue weighted by Gasteiger charge is -2.21. The molecule has 4 aromatic rings. The van der Waals surface area contributed by atoms with Crippen LogP contribution in [-0.4, -0.2) is 65.6 Å². The lowest BCUT2D eigenvalue weighted by Crippen LogP contribution is -2.30. The Kier molecular flexibility index (Phi) is 7.06. The van der Waals surface area contributed by atoms with Crippen LogP contribution in [0.25, 0.3) is 33.4 Å². The van der Waals surface area contributed by atoms with Gasteiger partial charge in [0.05, 0.1) is 30.2 Å². The Balaban J connectivity index is 1.61. The van der Waals surface area contributed by atoms with Gasteiger partial charge in [-0.15, -0.1) is 0 Å². The molecule has 0 aliphatic carbocycles. The van der Waals surface area contributed by atoms with Crippen molar-refractivity contribution in [3.8, 4) is 22.5 Å². The molecule has 0 fully saturated rings. The number of methoxy groups -OCH3 is 2. The summed E-state index contributed by atoms with van der Waals surface area (Å²) < 4.78 is 10.5. The average molecular weight is 434 g/mol. The molecule has 1 aromatic carbocycles. The molecular weight excluding hydrogens is 406 g/mol. The van der Waals surface area contributed by atoms with Gasteiger partial charge in [0.15, 0.2) is 0 Å². The summed E-state index contributed by atoms with van der Waals surface area (Å²) in [7, 11) is 3.42. The fraction of sp³-hybridized carbons (Fsp3) is 0.292. The van der Waals surface area contributed by atoms with E-state index >= 15 is 0 Å². The molecule has 0 saturated heterocycles. The van der Waals surface area contributed by atoms with Gasteiger partial charge in [-0.25, -0.2) is 5.10 Å². The predicted molar refractivity (Wildman–Crippen MR) is 124 cm³/mol. The van der Waals surface area contributed by atoms with Crippen LogP contribution in [0.15, 0.2) is 59.7 Å². The van der Waals surface area contributed by atoms with Crippen LogP contribution in [-0.2, 0) is 16.0 Å². The van der Waals surface area contributed by atoms with Crippen LogP contribution >= 0.6 is 0 Å². The minimum absolute atomic E-state index is 0.236. The molecular formula is C24H27N5O3. The summed E-state index contributed by atoms with van der Waals surface area (Å²) in [5, 5.41) is 7.84. The van der Waals surface area contributed by atoms with Gasteiger partial charge in [0.25, 0.3) is 5.56 Å². The van der Waals surface area contributed by atoms with Crippen LogP contribution in [0.1, 0.15) is 5.56 Å². The zero-order valence-corrected chi connectivity index (χ0v) is 18.3. The topological polar surface area (TPSA) is 96.1 Å². The van der Waals surface area contributed by atoms with Crippen molar-refractivity contribution in [2.24, 2.45) is 0 Å². The summed E-state index contributed by atoms with van der Waals surface area (Å²) in [6.07, 6.45) is 3.41. The Morgan fingerprint density at radius 2 is 1.72 bits per heavy atom. The molecule has 0 atom stereocenters. The first-order valence-electron chi connectivity index (χ1n) is 10.5. The maximum absolute atomic E-state index is 12.5. The standard InChI is InChI=1S/C24H27N5O3/c1-31-11-9-29(10-12-32-2)16-17-3-4-19-14-23(26-21(19)13-17)20-15-22(27-28-24(20)30)18-5-7-25-8-6-18/h3-8,13-15,26H,9-12,16H2,1-2H3,(H,28,30). The van der Waals surface area contributed by atoms with E-state index in [1.165, 1.54) is 5.56 Å². The molecule has 0 aliphatic heterocycles. The maximum atomic E-state index is 12.5. The maximum Gasteiger partial charge on any atom is 0.273 e. The van der Waals surface area contributed by atoms with Crippen molar-refractivity contribution in [2.45, 2.75) is 6.54 Å². The van der Waals surface area contributed by atoms with Gasteiger partial charge in [-0.3, -0.25) is 14.7 Å². The first-order chi connectivity index (χ1) is 15.7. The Bertz CT molecular complexity index is 1210. The second-order valence-corrected chi connectivity index (χ2v) is 7.60. The summed E-state index contributed by atoms with van der Waals surface area (Å²) in [5.74, 6) is 0. The highest BCUT2D eigenvalue weighted by Crippen LogP contribution is 2.25. The number of benzene rings is 1. The Labute approximate surface area is 186 Å². The first-order valence-corrected chi connectivity index (χ1v) is 10.5. The van der Waals surface area contributed by atoms with Gasteiger partial charge in [0.2, 0.25) is 0 Å². The second kappa shape index (κ2) is 10.3.